The second-order valence-electron chi connectivity index (χ2n) is 4.48. The van der Waals surface area contributed by atoms with Gasteiger partial charge in [-0.1, -0.05) is 19.8 Å². The van der Waals surface area contributed by atoms with Crippen molar-refractivity contribution < 1.29 is 0 Å². The van der Waals surface area contributed by atoms with Crippen LogP contribution in [0.5, 0.6) is 0 Å². The normalized spacial score (nSPS) is 39.7. The minimum atomic E-state index is 0.266. The van der Waals surface area contributed by atoms with Crippen LogP contribution in [0.25, 0.3) is 0 Å². The monoisotopic (exact) mass is 181 g/mol. The number of hydrogen-bond donors (Lipinski definition) is 1. The van der Waals surface area contributed by atoms with Gasteiger partial charge in [0.05, 0.1) is 12.1 Å². The molecule has 2 rings (SSSR count). The van der Waals surface area contributed by atoms with Gasteiger partial charge in [0.1, 0.15) is 0 Å². The fourth-order valence-corrected chi connectivity index (χ4v) is 2.79. The molecule has 1 aliphatic carbocycles. The van der Waals surface area contributed by atoms with E-state index in [-0.39, 0.29) is 5.54 Å². The van der Waals surface area contributed by atoms with Gasteiger partial charge in [-0.05, 0) is 18.8 Å². The van der Waals surface area contributed by atoms with Crippen LogP contribution in [-0.4, -0.2) is 30.0 Å². The van der Waals surface area contributed by atoms with Gasteiger partial charge in [-0.25, -0.2) is 0 Å². The molecule has 0 saturated heterocycles. The van der Waals surface area contributed by atoms with Gasteiger partial charge in [-0.2, -0.15) is 0 Å². The Labute approximate surface area is 80.0 Å². The summed E-state index contributed by atoms with van der Waals surface area (Å²) < 4.78 is 0. The summed E-state index contributed by atoms with van der Waals surface area (Å²) >= 11 is 0. The van der Waals surface area contributed by atoms with Crippen LogP contribution in [0.4, 0.5) is 0 Å². The Hall–Kier alpha value is -0.730. The minimum Gasteiger partial charge on any atom is -0.370 e. The molecular formula is C10H19N3. The zero-order valence-electron chi connectivity index (χ0n) is 8.58. The lowest BCUT2D eigenvalue weighted by Gasteiger charge is -2.44. The van der Waals surface area contributed by atoms with Crippen LogP contribution in [0.2, 0.25) is 0 Å². The molecule has 74 valence electrons. The van der Waals surface area contributed by atoms with Gasteiger partial charge in [0.15, 0.2) is 5.96 Å². The van der Waals surface area contributed by atoms with E-state index in [9.17, 15) is 0 Å². The number of nitrogens with two attached hydrogens (primary N) is 1. The number of aliphatic imine (C=N–C) groups is 1. The topological polar surface area (TPSA) is 41.6 Å². The Balaban J connectivity index is 2.20. The fourth-order valence-electron chi connectivity index (χ4n) is 2.79. The van der Waals surface area contributed by atoms with Gasteiger partial charge < -0.3 is 10.6 Å². The lowest BCUT2D eigenvalue weighted by Crippen LogP contribution is -2.54. The maximum absolute atomic E-state index is 5.82. The van der Waals surface area contributed by atoms with Crippen molar-refractivity contribution in [3.05, 3.63) is 0 Å². The number of hydrogen-bond acceptors (Lipinski definition) is 3. The Kier molecular flexibility index (Phi) is 1.97. The van der Waals surface area contributed by atoms with Gasteiger partial charge >= 0.3 is 0 Å². The molecule has 0 bridgehead atoms. The van der Waals surface area contributed by atoms with Crippen molar-refractivity contribution >= 4 is 5.96 Å². The molecule has 2 atom stereocenters. The Morgan fingerprint density at radius 1 is 1.54 bits per heavy atom. The first-order valence-corrected chi connectivity index (χ1v) is 5.20. The van der Waals surface area contributed by atoms with Gasteiger partial charge in [0.25, 0.3) is 0 Å². The molecule has 3 heteroatoms. The summed E-state index contributed by atoms with van der Waals surface area (Å²) in [4.78, 5) is 6.57. The van der Waals surface area contributed by atoms with Crippen LogP contribution in [0.1, 0.15) is 32.6 Å². The molecule has 0 aromatic heterocycles. The standard InChI is InChI=1S/C10H19N3/c1-8-5-3-4-6-10(8)7-12-9(11)13(10)2/h8H,3-7H2,1-2H3,(H2,11,12). The van der Waals surface area contributed by atoms with Crippen LogP contribution < -0.4 is 5.73 Å². The second kappa shape index (κ2) is 2.89. The zero-order chi connectivity index (χ0) is 9.47. The number of likely N-dealkylation sites (N-methyl/N-ethyl adjacent to an activating group) is 1. The molecule has 0 aromatic rings. The summed E-state index contributed by atoms with van der Waals surface area (Å²) in [6.45, 7) is 3.25. The van der Waals surface area contributed by atoms with Crippen LogP contribution in [0.3, 0.4) is 0 Å². The molecule has 1 saturated carbocycles. The van der Waals surface area contributed by atoms with E-state index >= 15 is 0 Å². The highest BCUT2D eigenvalue weighted by Crippen LogP contribution is 2.40. The molecular weight excluding hydrogens is 162 g/mol. The SMILES string of the molecule is CC1CCCCC12CN=C(N)N2C. The van der Waals surface area contributed by atoms with E-state index in [1.165, 1.54) is 25.7 Å². The van der Waals surface area contributed by atoms with E-state index in [0.717, 1.165) is 18.4 Å². The molecule has 1 heterocycles. The highest BCUT2D eigenvalue weighted by atomic mass is 15.3. The largest absolute Gasteiger partial charge is 0.370 e. The summed E-state index contributed by atoms with van der Waals surface area (Å²) in [6.07, 6.45) is 5.29. The summed E-state index contributed by atoms with van der Waals surface area (Å²) in [5.41, 5.74) is 6.09. The van der Waals surface area contributed by atoms with Crippen molar-refractivity contribution in [3.8, 4) is 0 Å². The van der Waals surface area contributed by atoms with E-state index in [1.807, 2.05) is 0 Å². The Bertz CT molecular complexity index is 236. The maximum atomic E-state index is 5.82. The quantitative estimate of drug-likeness (QED) is 0.610. The molecule has 0 aromatic carbocycles. The van der Waals surface area contributed by atoms with Crippen molar-refractivity contribution in [1.82, 2.24) is 4.90 Å². The molecule has 1 fully saturated rings. The fraction of sp³-hybridized carbons (Fsp3) is 0.900. The smallest absolute Gasteiger partial charge is 0.191 e. The molecule has 2 N–H and O–H groups in total. The molecule has 1 spiro atoms. The van der Waals surface area contributed by atoms with Crippen molar-refractivity contribution in [3.63, 3.8) is 0 Å². The average Bonchev–Trinajstić information content (AvgIpc) is 2.40. The number of guanidine groups is 1. The average molecular weight is 181 g/mol. The Morgan fingerprint density at radius 3 is 2.85 bits per heavy atom. The van der Waals surface area contributed by atoms with Crippen molar-refractivity contribution in [2.75, 3.05) is 13.6 Å². The van der Waals surface area contributed by atoms with Crippen molar-refractivity contribution in [2.24, 2.45) is 16.6 Å². The molecule has 0 amide bonds. The first-order valence-electron chi connectivity index (χ1n) is 5.20. The second-order valence-corrected chi connectivity index (χ2v) is 4.48. The van der Waals surface area contributed by atoms with E-state index < -0.39 is 0 Å². The van der Waals surface area contributed by atoms with Crippen LogP contribution >= 0.6 is 0 Å². The molecule has 2 unspecified atom stereocenters. The number of nitrogens with zero attached hydrogens (tertiary/aromatic N) is 2. The molecule has 13 heavy (non-hydrogen) atoms. The van der Waals surface area contributed by atoms with E-state index in [0.29, 0.717) is 0 Å². The van der Waals surface area contributed by atoms with Gasteiger partial charge in [-0.3, -0.25) is 4.99 Å². The highest BCUT2D eigenvalue weighted by Gasteiger charge is 2.45. The van der Waals surface area contributed by atoms with Crippen molar-refractivity contribution in [1.29, 1.82) is 0 Å². The van der Waals surface area contributed by atoms with E-state index in [2.05, 4.69) is 23.9 Å². The van der Waals surface area contributed by atoms with Crippen LogP contribution in [0.15, 0.2) is 4.99 Å². The highest BCUT2D eigenvalue weighted by molar-refractivity contribution is 5.80. The zero-order valence-corrected chi connectivity index (χ0v) is 8.58. The van der Waals surface area contributed by atoms with Gasteiger partial charge in [0, 0.05) is 7.05 Å². The third-order valence-electron chi connectivity index (χ3n) is 3.94. The predicted octanol–water partition coefficient (Wildman–Crippen LogP) is 1.20. The molecule has 1 aliphatic heterocycles. The Morgan fingerprint density at radius 2 is 2.31 bits per heavy atom. The van der Waals surface area contributed by atoms with Crippen LogP contribution in [0, 0.1) is 5.92 Å². The molecule has 0 radical (unpaired) electrons. The third-order valence-corrected chi connectivity index (χ3v) is 3.94. The number of rotatable bonds is 0. The summed E-state index contributed by atoms with van der Waals surface area (Å²) in [5.74, 6) is 1.46. The third kappa shape index (κ3) is 1.13. The van der Waals surface area contributed by atoms with Crippen LogP contribution in [-0.2, 0) is 0 Å². The lowest BCUT2D eigenvalue weighted by atomic mass is 9.73. The molecule has 3 nitrogen and oxygen atoms in total. The summed E-state index contributed by atoms with van der Waals surface area (Å²) in [5, 5.41) is 0. The minimum absolute atomic E-state index is 0.266. The first kappa shape index (κ1) is 8.85. The lowest BCUT2D eigenvalue weighted by molar-refractivity contribution is 0.102. The molecule has 2 aliphatic rings. The maximum Gasteiger partial charge on any atom is 0.191 e. The van der Waals surface area contributed by atoms with Gasteiger partial charge in [0.2, 0.25) is 0 Å². The first-order chi connectivity index (χ1) is 6.17. The van der Waals surface area contributed by atoms with Gasteiger partial charge in [-0.15, -0.1) is 0 Å². The van der Waals surface area contributed by atoms with E-state index in [4.69, 9.17) is 5.73 Å². The summed E-state index contributed by atoms with van der Waals surface area (Å²) in [7, 11) is 2.09. The summed E-state index contributed by atoms with van der Waals surface area (Å²) in [6, 6.07) is 0. The van der Waals surface area contributed by atoms with E-state index in [1.54, 1.807) is 0 Å². The van der Waals surface area contributed by atoms with Crippen molar-refractivity contribution in [2.45, 2.75) is 38.1 Å². The predicted molar refractivity (Wildman–Crippen MR) is 54.6 cm³/mol.